The van der Waals surface area contributed by atoms with Gasteiger partial charge in [-0.1, -0.05) is 58.9 Å². The summed E-state index contributed by atoms with van der Waals surface area (Å²) in [6, 6.07) is 8.33. The number of nitrogens with one attached hydrogen (secondary N) is 1. The summed E-state index contributed by atoms with van der Waals surface area (Å²) in [5, 5.41) is 10.1. The van der Waals surface area contributed by atoms with Gasteiger partial charge in [0.25, 0.3) is 0 Å². The Morgan fingerprint density at radius 1 is 1.07 bits per heavy atom. The smallest absolute Gasteiger partial charge is 0.320 e. The maximum absolute atomic E-state index is 12.3. The average Bonchev–Trinajstić information content (AvgIpc) is 3.67. The van der Waals surface area contributed by atoms with Crippen LogP contribution in [0.4, 0.5) is 0 Å². The van der Waals surface area contributed by atoms with Crippen LogP contribution in [0.1, 0.15) is 76.7 Å². The molecule has 2 aliphatic heterocycles. The van der Waals surface area contributed by atoms with Crippen LogP contribution in [-0.2, 0) is 37.5 Å². The lowest BCUT2D eigenvalue weighted by atomic mass is 9.76. The van der Waals surface area contributed by atoms with E-state index in [0.717, 1.165) is 76.7 Å². The minimum Gasteiger partial charge on any atom is -0.480 e. The Bertz CT molecular complexity index is 1300. The number of piperidine rings is 1. The number of hydrogen-bond acceptors (Lipinski definition) is 6. The highest BCUT2D eigenvalue weighted by atomic mass is 16.4. The molecule has 1 unspecified atom stereocenters. The van der Waals surface area contributed by atoms with Crippen LogP contribution < -0.4 is 0 Å². The van der Waals surface area contributed by atoms with Gasteiger partial charge in [-0.05, 0) is 60.2 Å². The van der Waals surface area contributed by atoms with Gasteiger partial charge in [0.05, 0.1) is 13.1 Å². The molecule has 1 aromatic carbocycles. The lowest BCUT2D eigenvalue weighted by molar-refractivity contribution is -0.142. The molecule has 9 nitrogen and oxygen atoms in total. The molecule has 1 atom stereocenters. The average molecular weight is 590 g/mol. The van der Waals surface area contributed by atoms with E-state index in [0.29, 0.717) is 19.0 Å². The molecule has 2 fully saturated rings. The van der Waals surface area contributed by atoms with Gasteiger partial charge in [0, 0.05) is 57.5 Å². The predicted octanol–water partition coefficient (Wildman–Crippen LogP) is 5.25. The molecule has 0 aliphatic carbocycles. The highest BCUT2D eigenvalue weighted by molar-refractivity contribution is 5.74. The summed E-state index contributed by atoms with van der Waals surface area (Å²) >= 11 is 0. The second-order valence-corrected chi connectivity index (χ2v) is 14.7. The van der Waals surface area contributed by atoms with Crippen molar-refractivity contribution in [1.82, 2.24) is 34.2 Å². The molecule has 234 valence electrons. The number of aliphatic carboxylic acids is 1. The van der Waals surface area contributed by atoms with Crippen molar-refractivity contribution < 1.29 is 9.90 Å². The van der Waals surface area contributed by atoms with Gasteiger partial charge in [-0.15, -0.1) is 0 Å². The molecule has 0 amide bonds. The van der Waals surface area contributed by atoms with Crippen molar-refractivity contribution >= 4 is 5.97 Å². The number of carboxylic acid groups (broad SMARTS) is 1. The van der Waals surface area contributed by atoms with Crippen LogP contribution in [-0.4, -0.2) is 77.5 Å². The zero-order chi connectivity index (χ0) is 30.6. The molecule has 1 spiro atoms. The van der Waals surface area contributed by atoms with E-state index in [9.17, 15) is 9.90 Å². The first-order valence-corrected chi connectivity index (χ1v) is 15.9. The van der Waals surface area contributed by atoms with Crippen LogP contribution in [0.2, 0.25) is 0 Å². The van der Waals surface area contributed by atoms with Crippen molar-refractivity contribution in [3.05, 3.63) is 71.8 Å². The SMILES string of the molecule is CC(C)CN1CCC2(CC1)CC(C(=O)O)N(Cc1ccc(CN(Cc3ncc[nH]3)Cc3nccn3CC(C)(C)C)cc1)C2. The summed E-state index contributed by atoms with van der Waals surface area (Å²) < 4.78 is 2.26. The summed E-state index contributed by atoms with van der Waals surface area (Å²) in [4.78, 5) is 31.9. The number of nitrogens with zero attached hydrogens (tertiary/aromatic N) is 6. The summed E-state index contributed by atoms with van der Waals surface area (Å²) in [5.74, 6) is 1.97. The molecule has 2 aliphatic rings. The molecule has 5 rings (SSSR count). The molecule has 3 aromatic rings. The maximum atomic E-state index is 12.3. The topological polar surface area (TPSA) is 93.5 Å². The van der Waals surface area contributed by atoms with E-state index in [2.05, 4.69) is 94.3 Å². The monoisotopic (exact) mass is 589 g/mol. The fraction of sp³-hybridized carbons (Fsp3) is 0.618. The lowest BCUT2D eigenvalue weighted by Gasteiger charge is -2.40. The Morgan fingerprint density at radius 3 is 2.42 bits per heavy atom. The van der Waals surface area contributed by atoms with Gasteiger partial charge in [-0.3, -0.25) is 14.6 Å². The maximum Gasteiger partial charge on any atom is 0.320 e. The van der Waals surface area contributed by atoms with Crippen LogP contribution >= 0.6 is 0 Å². The highest BCUT2D eigenvalue weighted by Gasteiger charge is 2.47. The van der Waals surface area contributed by atoms with E-state index >= 15 is 0 Å². The lowest BCUT2D eigenvalue weighted by Crippen LogP contribution is -2.42. The van der Waals surface area contributed by atoms with Crippen molar-refractivity contribution in [2.24, 2.45) is 16.7 Å². The van der Waals surface area contributed by atoms with Crippen molar-refractivity contribution in [2.75, 3.05) is 26.2 Å². The Morgan fingerprint density at radius 2 is 1.79 bits per heavy atom. The van der Waals surface area contributed by atoms with Crippen LogP contribution in [0.3, 0.4) is 0 Å². The first-order valence-electron chi connectivity index (χ1n) is 15.9. The Labute approximate surface area is 257 Å². The Kier molecular flexibility index (Phi) is 9.73. The molecule has 2 N–H and O–H groups in total. The van der Waals surface area contributed by atoms with E-state index < -0.39 is 12.0 Å². The number of aromatic nitrogens is 4. The number of rotatable bonds is 12. The summed E-state index contributed by atoms with van der Waals surface area (Å²) in [6.07, 6.45) is 10.6. The standard InChI is InChI=1S/C34H51N7O2/c1-26(2)19-38-15-10-34(11-16-38)18-29(32(42)43)41(25-34)21-28-8-6-27(7-9-28)20-39(22-30-35-12-13-36-30)23-31-37-14-17-40(31)24-33(3,4)5/h6-9,12-14,17,26,29H,10-11,15-16,18-25H2,1-5H3,(H,35,36)(H,42,43). The fourth-order valence-corrected chi connectivity index (χ4v) is 7.00. The van der Waals surface area contributed by atoms with Crippen molar-refractivity contribution in [1.29, 1.82) is 0 Å². The molecule has 4 heterocycles. The second-order valence-electron chi connectivity index (χ2n) is 14.7. The molecule has 2 aromatic heterocycles. The first-order chi connectivity index (χ1) is 20.5. The van der Waals surface area contributed by atoms with Gasteiger partial charge in [0.15, 0.2) is 0 Å². The quantitative estimate of drug-likeness (QED) is 0.298. The molecular formula is C34H51N7O2. The largest absolute Gasteiger partial charge is 0.480 e. The molecule has 9 heteroatoms. The number of likely N-dealkylation sites (tertiary alicyclic amines) is 2. The number of aromatic amines is 1. The van der Waals surface area contributed by atoms with Gasteiger partial charge >= 0.3 is 5.97 Å². The highest BCUT2D eigenvalue weighted by Crippen LogP contribution is 2.44. The van der Waals surface area contributed by atoms with Crippen LogP contribution in [0.25, 0.3) is 0 Å². The zero-order valence-corrected chi connectivity index (χ0v) is 26.8. The minimum atomic E-state index is -0.684. The molecule has 0 bridgehead atoms. The van der Waals surface area contributed by atoms with Crippen molar-refractivity contribution in [3.63, 3.8) is 0 Å². The molecular weight excluding hydrogens is 538 g/mol. The molecule has 43 heavy (non-hydrogen) atoms. The van der Waals surface area contributed by atoms with E-state index in [1.165, 1.54) is 11.1 Å². The zero-order valence-electron chi connectivity index (χ0n) is 26.8. The fourth-order valence-electron chi connectivity index (χ4n) is 7.00. The van der Waals surface area contributed by atoms with E-state index in [1.54, 1.807) is 6.20 Å². The predicted molar refractivity (Wildman–Crippen MR) is 169 cm³/mol. The first kappa shape index (κ1) is 31.4. The van der Waals surface area contributed by atoms with Crippen LogP contribution in [0.15, 0.2) is 49.1 Å². The van der Waals surface area contributed by atoms with E-state index in [4.69, 9.17) is 4.98 Å². The summed E-state index contributed by atoms with van der Waals surface area (Å²) in [6.45, 7) is 19.2. The van der Waals surface area contributed by atoms with Crippen molar-refractivity contribution in [2.45, 2.75) is 92.6 Å². The number of benzene rings is 1. The van der Waals surface area contributed by atoms with Crippen LogP contribution in [0.5, 0.6) is 0 Å². The summed E-state index contributed by atoms with van der Waals surface area (Å²) in [7, 11) is 0. The van der Waals surface area contributed by atoms with Gasteiger partial charge in [0.1, 0.15) is 17.7 Å². The normalized spacial score (nSPS) is 19.7. The number of H-pyrrole nitrogens is 1. The number of carboxylic acids is 1. The second kappa shape index (κ2) is 13.3. The Balaban J connectivity index is 1.23. The van der Waals surface area contributed by atoms with Gasteiger partial charge in [-0.2, -0.15) is 0 Å². The molecule has 2 saturated heterocycles. The van der Waals surface area contributed by atoms with Crippen LogP contribution in [0, 0.1) is 16.7 Å². The van der Waals surface area contributed by atoms with Gasteiger partial charge in [0.2, 0.25) is 0 Å². The van der Waals surface area contributed by atoms with E-state index in [1.807, 2.05) is 12.4 Å². The van der Waals surface area contributed by atoms with Crippen molar-refractivity contribution in [3.8, 4) is 0 Å². The van der Waals surface area contributed by atoms with Gasteiger partial charge < -0.3 is 19.6 Å². The Hall–Kier alpha value is -3.01. The van der Waals surface area contributed by atoms with Gasteiger partial charge in [-0.25, -0.2) is 9.97 Å². The number of hydrogen-bond donors (Lipinski definition) is 2. The third-order valence-electron chi connectivity index (χ3n) is 8.99. The number of carbonyl (C=O) groups is 1. The molecule has 0 saturated carbocycles. The van der Waals surface area contributed by atoms with E-state index in [-0.39, 0.29) is 10.8 Å². The number of imidazole rings is 2. The minimum absolute atomic E-state index is 0.127. The third-order valence-corrected chi connectivity index (χ3v) is 8.99. The molecule has 0 radical (unpaired) electrons. The summed E-state index contributed by atoms with van der Waals surface area (Å²) in [5.41, 5.74) is 2.68. The third kappa shape index (κ3) is 8.55.